The fourth-order valence-electron chi connectivity index (χ4n) is 4.21. The molecular formula is C23H27N3O. The molecular weight excluding hydrogens is 334 g/mol. The molecule has 1 fully saturated rings. The molecule has 0 bridgehead atoms. The van der Waals surface area contributed by atoms with E-state index in [9.17, 15) is 4.79 Å². The number of aryl methyl sites for hydroxylation is 3. The van der Waals surface area contributed by atoms with Crippen molar-refractivity contribution >= 4 is 16.8 Å². The summed E-state index contributed by atoms with van der Waals surface area (Å²) in [5.41, 5.74) is 6.80. The van der Waals surface area contributed by atoms with E-state index in [0.29, 0.717) is 12.3 Å². The monoisotopic (exact) mass is 361 g/mol. The lowest BCUT2D eigenvalue weighted by molar-refractivity contribution is -0.131. The van der Waals surface area contributed by atoms with Crippen molar-refractivity contribution in [1.29, 1.82) is 0 Å². The van der Waals surface area contributed by atoms with E-state index in [2.05, 4.69) is 42.9 Å². The van der Waals surface area contributed by atoms with Crippen LogP contribution in [0.3, 0.4) is 0 Å². The molecule has 2 heterocycles. The molecule has 1 saturated carbocycles. The van der Waals surface area contributed by atoms with E-state index in [1.807, 2.05) is 36.3 Å². The Balaban J connectivity index is 1.64. The van der Waals surface area contributed by atoms with Gasteiger partial charge in [-0.15, -0.1) is 0 Å². The van der Waals surface area contributed by atoms with Crippen LogP contribution < -0.4 is 0 Å². The molecule has 0 spiro atoms. The van der Waals surface area contributed by atoms with Crippen molar-refractivity contribution in [3.63, 3.8) is 0 Å². The van der Waals surface area contributed by atoms with Crippen LogP contribution in [0, 0.1) is 26.7 Å². The number of hydrogen-bond donors (Lipinski definition) is 1. The minimum atomic E-state index is 0.0766. The number of carbonyl (C=O) groups is 1. The Labute approximate surface area is 160 Å². The lowest BCUT2D eigenvalue weighted by Gasteiger charge is -2.28. The van der Waals surface area contributed by atoms with Gasteiger partial charge in [-0.2, -0.15) is 0 Å². The number of rotatable bonds is 5. The van der Waals surface area contributed by atoms with E-state index in [0.717, 1.165) is 22.5 Å². The van der Waals surface area contributed by atoms with Crippen LogP contribution in [-0.4, -0.2) is 27.8 Å². The first-order chi connectivity index (χ1) is 13.0. The molecule has 140 valence electrons. The molecule has 4 nitrogen and oxygen atoms in total. The Morgan fingerprint density at radius 1 is 1.26 bits per heavy atom. The number of pyridine rings is 1. The van der Waals surface area contributed by atoms with E-state index >= 15 is 0 Å². The highest BCUT2D eigenvalue weighted by molar-refractivity contribution is 5.92. The Morgan fingerprint density at radius 2 is 2.04 bits per heavy atom. The number of likely N-dealkylation sites (N-methyl/N-ethyl adjacent to an activating group) is 1. The molecule has 1 aromatic carbocycles. The zero-order valence-corrected chi connectivity index (χ0v) is 16.5. The van der Waals surface area contributed by atoms with Gasteiger partial charge in [-0.05, 0) is 68.9 Å². The smallest absolute Gasteiger partial charge is 0.227 e. The molecule has 2 aromatic heterocycles. The fraction of sp³-hybridized carbons (Fsp3) is 0.391. The third-order valence-electron chi connectivity index (χ3n) is 5.77. The first kappa shape index (κ1) is 17.8. The highest BCUT2D eigenvalue weighted by Gasteiger charge is 2.37. The fourth-order valence-corrected chi connectivity index (χ4v) is 4.21. The van der Waals surface area contributed by atoms with Gasteiger partial charge in [0.1, 0.15) is 0 Å². The number of fused-ring (bicyclic) bond motifs is 1. The van der Waals surface area contributed by atoms with Crippen LogP contribution in [0.1, 0.15) is 47.0 Å². The second kappa shape index (κ2) is 6.84. The summed E-state index contributed by atoms with van der Waals surface area (Å²) in [5, 5.41) is 1.17. The van der Waals surface area contributed by atoms with Crippen molar-refractivity contribution in [2.75, 3.05) is 7.05 Å². The van der Waals surface area contributed by atoms with Crippen LogP contribution in [-0.2, 0) is 11.2 Å². The van der Waals surface area contributed by atoms with Gasteiger partial charge in [0.25, 0.3) is 0 Å². The molecule has 1 aliphatic carbocycles. The zero-order chi connectivity index (χ0) is 19.1. The normalized spacial score (nSPS) is 15.1. The first-order valence-electron chi connectivity index (χ1n) is 9.70. The second-order valence-electron chi connectivity index (χ2n) is 7.95. The summed E-state index contributed by atoms with van der Waals surface area (Å²) in [6, 6.07) is 10.4. The molecule has 0 saturated heterocycles. The van der Waals surface area contributed by atoms with Crippen LogP contribution in [0.4, 0.5) is 0 Å². The summed E-state index contributed by atoms with van der Waals surface area (Å²) in [7, 11) is 1.93. The summed E-state index contributed by atoms with van der Waals surface area (Å²) >= 11 is 0. The van der Waals surface area contributed by atoms with E-state index in [-0.39, 0.29) is 11.9 Å². The van der Waals surface area contributed by atoms with Crippen LogP contribution in [0.15, 0.2) is 36.5 Å². The van der Waals surface area contributed by atoms with Gasteiger partial charge in [-0.3, -0.25) is 9.78 Å². The number of carbonyl (C=O) groups excluding carboxylic acids is 1. The van der Waals surface area contributed by atoms with Crippen molar-refractivity contribution in [2.24, 2.45) is 5.92 Å². The third-order valence-corrected chi connectivity index (χ3v) is 5.77. The quantitative estimate of drug-likeness (QED) is 0.720. The number of aromatic nitrogens is 2. The highest BCUT2D eigenvalue weighted by atomic mass is 16.2. The lowest BCUT2D eigenvalue weighted by Crippen LogP contribution is -2.34. The summed E-state index contributed by atoms with van der Waals surface area (Å²) in [6.07, 6.45) is 4.58. The summed E-state index contributed by atoms with van der Waals surface area (Å²) in [5.74, 6) is 0.683. The van der Waals surface area contributed by atoms with Crippen molar-refractivity contribution in [2.45, 2.75) is 46.1 Å². The number of amides is 1. The molecule has 0 aliphatic heterocycles. The zero-order valence-electron chi connectivity index (χ0n) is 16.5. The minimum absolute atomic E-state index is 0.0766. The van der Waals surface area contributed by atoms with E-state index in [4.69, 9.17) is 0 Å². The highest BCUT2D eigenvalue weighted by Crippen LogP contribution is 2.43. The first-order valence-corrected chi connectivity index (χ1v) is 9.70. The number of H-pyrrole nitrogens is 1. The van der Waals surface area contributed by atoms with Crippen molar-refractivity contribution in [3.05, 3.63) is 64.6 Å². The SMILES string of the molecule is Cc1cc(C)c2[nH]c(C)c(CC(=O)N(C)C(c3ccccn3)C3CC3)c2c1. The van der Waals surface area contributed by atoms with Gasteiger partial charge in [-0.25, -0.2) is 0 Å². The average Bonchev–Trinajstić information content (AvgIpc) is 3.42. The van der Waals surface area contributed by atoms with Gasteiger partial charge >= 0.3 is 0 Å². The topological polar surface area (TPSA) is 49.0 Å². The summed E-state index contributed by atoms with van der Waals surface area (Å²) in [4.78, 5) is 23.1. The van der Waals surface area contributed by atoms with E-state index in [1.165, 1.54) is 29.4 Å². The predicted octanol–water partition coefficient (Wildman–Crippen LogP) is 4.64. The number of hydrogen-bond acceptors (Lipinski definition) is 2. The summed E-state index contributed by atoms with van der Waals surface area (Å²) in [6.45, 7) is 6.29. The van der Waals surface area contributed by atoms with Gasteiger partial charge in [0, 0.05) is 29.8 Å². The Kier molecular flexibility index (Phi) is 4.50. The predicted molar refractivity (Wildman–Crippen MR) is 109 cm³/mol. The summed E-state index contributed by atoms with van der Waals surface area (Å²) < 4.78 is 0. The van der Waals surface area contributed by atoms with Gasteiger partial charge in [0.15, 0.2) is 0 Å². The number of nitrogens with zero attached hydrogens (tertiary/aromatic N) is 2. The maximum Gasteiger partial charge on any atom is 0.227 e. The van der Waals surface area contributed by atoms with Crippen molar-refractivity contribution in [1.82, 2.24) is 14.9 Å². The van der Waals surface area contributed by atoms with E-state index < -0.39 is 0 Å². The molecule has 1 unspecified atom stereocenters. The number of nitrogens with one attached hydrogen (secondary N) is 1. The molecule has 1 amide bonds. The van der Waals surface area contributed by atoms with Gasteiger partial charge in [0.2, 0.25) is 5.91 Å². The Morgan fingerprint density at radius 3 is 2.70 bits per heavy atom. The molecule has 3 aromatic rings. The van der Waals surface area contributed by atoms with Crippen molar-refractivity contribution in [3.8, 4) is 0 Å². The standard InChI is InChI=1S/C23H27N3O/c1-14-11-15(2)22-19(12-14)18(16(3)25-22)13-21(27)26(4)23(17-8-9-17)20-7-5-6-10-24-20/h5-7,10-12,17,23,25H,8-9,13H2,1-4H3. The molecule has 4 rings (SSSR count). The van der Waals surface area contributed by atoms with Crippen LogP contribution in [0.25, 0.3) is 10.9 Å². The molecule has 1 aliphatic rings. The largest absolute Gasteiger partial charge is 0.358 e. The number of aromatic amines is 1. The minimum Gasteiger partial charge on any atom is -0.358 e. The van der Waals surface area contributed by atoms with Crippen LogP contribution in [0.2, 0.25) is 0 Å². The Bertz CT molecular complexity index is 986. The van der Waals surface area contributed by atoms with Crippen LogP contribution >= 0.6 is 0 Å². The lowest BCUT2D eigenvalue weighted by atomic mass is 10.0. The molecule has 1 atom stereocenters. The van der Waals surface area contributed by atoms with Crippen LogP contribution in [0.5, 0.6) is 0 Å². The maximum atomic E-state index is 13.2. The molecule has 0 radical (unpaired) electrons. The average molecular weight is 361 g/mol. The van der Waals surface area contributed by atoms with Gasteiger partial charge < -0.3 is 9.88 Å². The van der Waals surface area contributed by atoms with Gasteiger partial charge in [0.05, 0.1) is 18.2 Å². The van der Waals surface area contributed by atoms with Gasteiger partial charge in [-0.1, -0.05) is 17.7 Å². The third kappa shape index (κ3) is 3.36. The second-order valence-corrected chi connectivity index (χ2v) is 7.95. The molecule has 4 heteroatoms. The van der Waals surface area contributed by atoms with E-state index in [1.54, 1.807) is 0 Å². The van der Waals surface area contributed by atoms with Crippen molar-refractivity contribution < 1.29 is 4.79 Å². The maximum absolute atomic E-state index is 13.2. The number of benzene rings is 1. The molecule has 1 N–H and O–H groups in total. The molecule has 27 heavy (non-hydrogen) atoms. The Hall–Kier alpha value is -2.62.